The first-order valence-electron chi connectivity index (χ1n) is 10.5. The van der Waals surface area contributed by atoms with E-state index >= 15 is 0 Å². The van der Waals surface area contributed by atoms with E-state index in [1.165, 1.54) is 11.8 Å². The van der Waals surface area contributed by atoms with Gasteiger partial charge in [-0.05, 0) is 37.6 Å². The summed E-state index contributed by atoms with van der Waals surface area (Å²) in [6.07, 6.45) is 0. The standard InChI is InChI=1S/C23H23ClN6O2S/c1-3-29(13-20-25-19-11-17(24)9-10-18(19)22(32)26-20)21(31)14-33-23-28-27-15(2)30(23)12-16-7-5-4-6-8-16/h4-11H,3,12-14H2,1-2H3,(H,25,26,32). The maximum absolute atomic E-state index is 12.9. The molecule has 0 aliphatic carbocycles. The highest BCUT2D eigenvalue weighted by molar-refractivity contribution is 7.99. The Morgan fingerprint density at radius 1 is 1.18 bits per heavy atom. The second-order valence-electron chi connectivity index (χ2n) is 7.47. The second kappa shape index (κ2) is 10.2. The lowest BCUT2D eigenvalue weighted by Crippen LogP contribution is -2.33. The molecule has 1 N–H and O–H groups in total. The Kier molecular flexibility index (Phi) is 7.10. The van der Waals surface area contributed by atoms with Crippen molar-refractivity contribution in [1.82, 2.24) is 29.6 Å². The summed E-state index contributed by atoms with van der Waals surface area (Å²) < 4.78 is 2.00. The van der Waals surface area contributed by atoms with Crippen molar-refractivity contribution >= 4 is 40.2 Å². The van der Waals surface area contributed by atoms with Crippen LogP contribution in [0.4, 0.5) is 0 Å². The summed E-state index contributed by atoms with van der Waals surface area (Å²) in [6, 6.07) is 15.0. The van der Waals surface area contributed by atoms with E-state index in [0.29, 0.717) is 40.0 Å². The molecular formula is C23H23ClN6O2S. The number of aromatic nitrogens is 5. The van der Waals surface area contributed by atoms with Crippen molar-refractivity contribution in [3.63, 3.8) is 0 Å². The van der Waals surface area contributed by atoms with Crippen LogP contribution in [0.3, 0.4) is 0 Å². The number of aromatic amines is 1. The zero-order chi connectivity index (χ0) is 23.4. The van der Waals surface area contributed by atoms with Crippen LogP contribution in [-0.4, -0.2) is 47.8 Å². The number of aryl methyl sites for hydroxylation is 1. The summed E-state index contributed by atoms with van der Waals surface area (Å²) in [4.78, 5) is 34.2. The third-order valence-corrected chi connectivity index (χ3v) is 6.39. The monoisotopic (exact) mass is 482 g/mol. The molecule has 0 bridgehead atoms. The van der Waals surface area contributed by atoms with E-state index < -0.39 is 0 Å². The molecule has 2 aromatic heterocycles. The fraction of sp³-hybridized carbons (Fsp3) is 0.261. The van der Waals surface area contributed by atoms with Gasteiger partial charge in [-0.1, -0.05) is 53.7 Å². The number of nitrogens with one attached hydrogen (secondary N) is 1. The van der Waals surface area contributed by atoms with E-state index in [1.54, 1.807) is 23.1 Å². The molecule has 0 atom stereocenters. The maximum Gasteiger partial charge on any atom is 0.258 e. The molecule has 8 nitrogen and oxygen atoms in total. The Bertz CT molecular complexity index is 1340. The van der Waals surface area contributed by atoms with Gasteiger partial charge in [0.1, 0.15) is 11.6 Å². The molecule has 4 aromatic rings. The molecule has 0 aliphatic heterocycles. The van der Waals surface area contributed by atoms with Crippen LogP contribution in [0.15, 0.2) is 58.5 Å². The van der Waals surface area contributed by atoms with E-state index in [4.69, 9.17) is 11.6 Å². The molecule has 0 spiro atoms. The molecule has 170 valence electrons. The van der Waals surface area contributed by atoms with Gasteiger partial charge in [-0.3, -0.25) is 9.59 Å². The highest BCUT2D eigenvalue weighted by Crippen LogP contribution is 2.20. The van der Waals surface area contributed by atoms with Crippen LogP contribution in [0.2, 0.25) is 5.02 Å². The van der Waals surface area contributed by atoms with E-state index in [0.717, 1.165) is 11.4 Å². The number of hydrogen-bond donors (Lipinski definition) is 1. The quantitative estimate of drug-likeness (QED) is 0.385. The first-order chi connectivity index (χ1) is 15.9. The van der Waals surface area contributed by atoms with Gasteiger partial charge in [0.05, 0.1) is 29.7 Å². The van der Waals surface area contributed by atoms with Gasteiger partial charge in [-0.2, -0.15) is 0 Å². The van der Waals surface area contributed by atoms with Crippen molar-refractivity contribution in [3.05, 3.63) is 81.1 Å². The molecule has 0 fully saturated rings. The number of thioether (sulfide) groups is 1. The lowest BCUT2D eigenvalue weighted by atomic mass is 10.2. The van der Waals surface area contributed by atoms with E-state index in [9.17, 15) is 9.59 Å². The van der Waals surface area contributed by atoms with E-state index in [-0.39, 0.29) is 23.8 Å². The molecule has 4 rings (SSSR count). The Hall–Kier alpha value is -3.17. The summed E-state index contributed by atoms with van der Waals surface area (Å²) in [7, 11) is 0. The van der Waals surface area contributed by atoms with Crippen molar-refractivity contribution in [1.29, 1.82) is 0 Å². The second-order valence-corrected chi connectivity index (χ2v) is 8.85. The number of halogens is 1. The number of rotatable bonds is 8. The first kappa shape index (κ1) is 23.0. The van der Waals surface area contributed by atoms with E-state index in [2.05, 4.69) is 20.2 Å². The van der Waals surface area contributed by atoms with Crippen molar-refractivity contribution in [3.8, 4) is 0 Å². The fourth-order valence-corrected chi connectivity index (χ4v) is 4.48. The number of nitrogens with zero attached hydrogens (tertiary/aromatic N) is 5. The zero-order valence-electron chi connectivity index (χ0n) is 18.3. The van der Waals surface area contributed by atoms with Gasteiger partial charge in [0.2, 0.25) is 5.91 Å². The minimum Gasteiger partial charge on any atom is -0.335 e. The minimum absolute atomic E-state index is 0.0803. The average molecular weight is 483 g/mol. The third kappa shape index (κ3) is 5.43. The lowest BCUT2D eigenvalue weighted by molar-refractivity contribution is -0.128. The predicted octanol–water partition coefficient (Wildman–Crippen LogP) is 3.67. The minimum atomic E-state index is -0.256. The SMILES string of the molecule is CCN(Cc1nc2cc(Cl)ccc2c(=O)[nH]1)C(=O)CSc1nnc(C)n1Cc1ccccc1. The van der Waals surface area contributed by atoms with Crippen LogP contribution in [0.5, 0.6) is 0 Å². The van der Waals surface area contributed by atoms with Gasteiger partial charge in [-0.25, -0.2) is 4.98 Å². The lowest BCUT2D eigenvalue weighted by Gasteiger charge is -2.20. The molecule has 2 aromatic carbocycles. The Labute approximate surface area is 200 Å². The molecule has 10 heteroatoms. The normalized spacial score (nSPS) is 11.1. The number of carbonyl (C=O) groups is 1. The van der Waals surface area contributed by atoms with Gasteiger partial charge in [0, 0.05) is 11.6 Å². The van der Waals surface area contributed by atoms with E-state index in [1.807, 2.05) is 48.7 Å². The summed E-state index contributed by atoms with van der Waals surface area (Å²) in [5.74, 6) is 1.32. The van der Waals surface area contributed by atoms with Crippen molar-refractivity contribution in [2.24, 2.45) is 0 Å². The fourth-order valence-electron chi connectivity index (χ4n) is 3.43. The molecule has 0 radical (unpaired) electrons. The molecular weight excluding hydrogens is 460 g/mol. The highest BCUT2D eigenvalue weighted by Gasteiger charge is 2.17. The number of amides is 1. The molecule has 0 unspecified atom stereocenters. The van der Waals surface area contributed by atoms with Gasteiger partial charge < -0.3 is 14.5 Å². The Balaban J connectivity index is 1.45. The van der Waals surface area contributed by atoms with Gasteiger partial charge in [0.25, 0.3) is 5.56 Å². The molecule has 0 saturated heterocycles. The number of carbonyl (C=O) groups excluding carboxylic acids is 1. The topological polar surface area (TPSA) is 96.8 Å². The molecule has 0 saturated carbocycles. The summed E-state index contributed by atoms with van der Waals surface area (Å²) in [5.41, 5.74) is 1.38. The van der Waals surface area contributed by atoms with Crippen molar-refractivity contribution in [2.45, 2.75) is 32.1 Å². The molecule has 33 heavy (non-hydrogen) atoms. The van der Waals surface area contributed by atoms with Crippen LogP contribution in [0.25, 0.3) is 10.9 Å². The first-order valence-corrected chi connectivity index (χ1v) is 11.8. The predicted molar refractivity (Wildman–Crippen MR) is 129 cm³/mol. The van der Waals surface area contributed by atoms with Crippen molar-refractivity contribution in [2.75, 3.05) is 12.3 Å². The summed E-state index contributed by atoms with van der Waals surface area (Å²) >= 11 is 7.38. The molecule has 1 amide bonds. The average Bonchev–Trinajstić information content (AvgIpc) is 3.15. The largest absolute Gasteiger partial charge is 0.335 e. The highest BCUT2D eigenvalue weighted by atomic mass is 35.5. The van der Waals surface area contributed by atoms with Crippen LogP contribution in [0.1, 0.15) is 24.1 Å². The van der Waals surface area contributed by atoms with Crippen LogP contribution >= 0.6 is 23.4 Å². The number of benzene rings is 2. The van der Waals surface area contributed by atoms with Gasteiger partial charge >= 0.3 is 0 Å². The van der Waals surface area contributed by atoms with Gasteiger partial charge in [0.15, 0.2) is 5.16 Å². The molecule has 0 aliphatic rings. The Morgan fingerprint density at radius 2 is 1.97 bits per heavy atom. The smallest absolute Gasteiger partial charge is 0.258 e. The van der Waals surface area contributed by atoms with Gasteiger partial charge in [-0.15, -0.1) is 10.2 Å². The third-order valence-electron chi connectivity index (χ3n) is 5.20. The van der Waals surface area contributed by atoms with Crippen LogP contribution < -0.4 is 5.56 Å². The maximum atomic E-state index is 12.9. The summed E-state index contributed by atoms with van der Waals surface area (Å²) in [5, 5.41) is 10.1. The van der Waals surface area contributed by atoms with Crippen molar-refractivity contribution < 1.29 is 4.79 Å². The van der Waals surface area contributed by atoms with Crippen LogP contribution in [0, 0.1) is 6.92 Å². The molecule has 2 heterocycles. The Morgan fingerprint density at radius 3 is 2.73 bits per heavy atom. The number of H-pyrrole nitrogens is 1. The number of hydrogen-bond acceptors (Lipinski definition) is 6. The zero-order valence-corrected chi connectivity index (χ0v) is 19.9. The summed E-state index contributed by atoms with van der Waals surface area (Å²) in [6.45, 7) is 5.10. The number of fused-ring (bicyclic) bond motifs is 1. The van der Waals surface area contributed by atoms with Crippen LogP contribution in [-0.2, 0) is 17.9 Å².